The number of nitrogens with zero attached hydrogens (tertiary/aromatic N) is 5. The number of ether oxygens (including phenoxy) is 2. The number of aromatic nitrogens is 2. The molecule has 1 spiro atoms. The molecule has 2 N–H and O–H groups in total. The second kappa shape index (κ2) is 14.7. The highest BCUT2D eigenvalue weighted by Gasteiger charge is 2.50. The number of fused-ring (bicyclic) bond motifs is 2. The average molecular weight is 692 g/mol. The van der Waals surface area contributed by atoms with Gasteiger partial charge >= 0.3 is 0 Å². The van der Waals surface area contributed by atoms with Crippen LogP contribution < -0.4 is 15.5 Å². The molecule has 51 heavy (non-hydrogen) atoms. The molecule has 0 atom stereocenters. The van der Waals surface area contributed by atoms with Crippen LogP contribution in [0.15, 0.2) is 79.0 Å². The quantitative estimate of drug-likeness (QED) is 0.255. The Bertz CT molecular complexity index is 1860. The van der Waals surface area contributed by atoms with Gasteiger partial charge in [-0.05, 0) is 72.5 Å². The predicted molar refractivity (Wildman–Crippen MR) is 194 cm³/mol. The maximum atomic E-state index is 13.4. The summed E-state index contributed by atoms with van der Waals surface area (Å²) in [6.07, 6.45) is 4.13. The highest BCUT2D eigenvalue weighted by Crippen LogP contribution is 2.40. The Kier molecular flexibility index (Phi) is 9.90. The summed E-state index contributed by atoms with van der Waals surface area (Å²) < 4.78 is 13.2. The number of piperidine rings is 1. The van der Waals surface area contributed by atoms with Crippen molar-refractivity contribution in [1.29, 1.82) is 0 Å². The molecule has 0 bridgehead atoms. The number of rotatable bonds is 10. The van der Waals surface area contributed by atoms with Crippen molar-refractivity contribution in [2.24, 2.45) is 0 Å². The second-order valence-corrected chi connectivity index (χ2v) is 13.8. The highest BCUT2D eigenvalue weighted by atomic mass is 16.5. The zero-order chi connectivity index (χ0) is 35.5. The van der Waals surface area contributed by atoms with Gasteiger partial charge in [0.05, 0.1) is 31.2 Å². The Morgan fingerprint density at radius 1 is 0.863 bits per heavy atom. The van der Waals surface area contributed by atoms with Gasteiger partial charge in [0, 0.05) is 83.0 Å². The lowest BCUT2D eigenvalue weighted by atomic mass is 9.88. The molecule has 266 valence electrons. The van der Waals surface area contributed by atoms with Crippen LogP contribution in [0.1, 0.15) is 61.0 Å². The van der Waals surface area contributed by atoms with Gasteiger partial charge < -0.3 is 34.5 Å². The van der Waals surface area contributed by atoms with Crippen molar-refractivity contribution in [3.05, 3.63) is 113 Å². The Morgan fingerprint density at radius 2 is 1.53 bits per heavy atom. The van der Waals surface area contributed by atoms with E-state index in [2.05, 4.69) is 25.4 Å². The van der Waals surface area contributed by atoms with E-state index in [1.807, 2.05) is 77.4 Å². The maximum Gasteiger partial charge on any atom is 0.287 e. The molecule has 3 aromatic carbocycles. The summed E-state index contributed by atoms with van der Waals surface area (Å²) in [7, 11) is 5.26. The van der Waals surface area contributed by atoms with E-state index in [1.165, 1.54) is 0 Å². The zero-order valence-corrected chi connectivity index (χ0v) is 29.4. The molecule has 3 aliphatic rings. The van der Waals surface area contributed by atoms with Crippen LogP contribution in [0.25, 0.3) is 0 Å². The van der Waals surface area contributed by atoms with Crippen molar-refractivity contribution in [3.8, 4) is 0 Å². The van der Waals surface area contributed by atoms with Crippen LogP contribution in [0, 0.1) is 0 Å². The number of nitrogens with one attached hydrogen (secondary N) is 2. The Labute approximate surface area is 298 Å². The number of methoxy groups -OCH3 is 1. The van der Waals surface area contributed by atoms with Crippen LogP contribution in [0.5, 0.6) is 0 Å². The lowest BCUT2D eigenvalue weighted by Gasteiger charge is -2.52. The molecular formula is C39H45N7O5. The summed E-state index contributed by atoms with van der Waals surface area (Å²) in [6, 6.07) is 22.9. The summed E-state index contributed by atoms with van der Waals surface area (Å²) in [5.41, 5.74) is 5.68. The number of anilines is 2. The lowest BCUT2D eigenvalue weighted by Crippen LogP contribution is -2.63. The summed E-state index contributed by atoms with van der Waals surface area (Å²) in [4.78, 5) is 49.5. The van der Waals surface area contributed by atoms with Crippen LogP contribution in [0.3, 0.4) is 0 Å². The topological polar surface area (TPSA) is 121 Å². The van der Waals surface area contributed by atoms with Crippen molar-refractivity contribution in [2.75, 3.05) is 64.3 Å². The molecule has 0 saturated carbocycles. The van der Waals surface area contributed by atoms with E-state index in [0.29, 0.717) is 61.6 Å². The van der Waals surface area contributed by atoms with Crippen LogP contribution in [-0.4, -0.2) is 97.2 Å². The Hall–Kier alpha value is -5.04. The predicted octanol–water partition coefficient (Wildman–Crippen LogP) is 4.12. The molecule has 12 heteroatoms. The van der Waals surface area contributed by atoms with Gasteiger partial charge in [-0.25, -0.2) is 4.98 Å². The largest absolute Gasteiger partial charge is 0.381 e. The van der Waals surface area contributed by atoms with Gasteiger partial charge in [-0.1, -0.05) is 24.3 Å². The molecule has 3 amide bonds. The number of imidazole rings is 1. The fourth-order valence-corrected chi connectivity index (χ4v) is 7.18. The molecule has 7 rings (SSSR count). The van der Waals surface area contributed by atoms with E-state index in [1.54, 1.807) is 32.3 Å². The molecular weight excluding hydrogens is 646 g/mol. The lowest BCUT2D eigenvalue weighted by molar-refractivity contribution is -0.162. The van der Waals surface area contributed by atoms with Crippen LogP contribution in [0.2, 0.25) is 0 Å². The number of benzene rings is 3. The molecule has 0 aliphatic carbocycles. The first-order valence-electron chi connectivity index (χ1n) is 17.5. The van der Waals surface area contributed by atoms with E-state index in [0.717, 1.165) is 55.0 Å². The Balaban J connectivity index is 0.926. The first-order valence-corrected chi connectivity index (χ1v) is 17.5. The van der Waals surface area contributed by atoms with Gasteiger partial charge in [0.15, 0.2) is 5.82 Å². The van der Waals surface area contributed by atoms with E-state index in [-0.39, 0.29) is 23.3 Å². The number of carbonyl (C=O) groups is 3. The fraction of sp³-hybridized carbons (Fsp3) is 0.385. The standard InChI is InChI=1S/C39H45N7O5/c1-43(2)38(49)30-8-4-28(5-9-30)24-45-20-21-46-34(39(45)25-51-26-39)23-40-35(46)37(48)41-22-27-6-12-31(13-7-27)42-36(47)29-10-14-32(15-11-29)44-18-16-33(50-3)17-19-44/h4-15,23,33H,16-22,24-26H2,1-3H3,(H,41,48)(H,42,47). The average Bonchev–Trinajstić information content (AvgIpc) is 3.58. The zero-order valence-electron chi connectivity index (χ0n) is 29.4. The van der Waals surface area contributed by atoms with Crippen molar-refractivity contribution in [3.63, 3.8) is 0 Å². The van der Waals surface area contributed by atoms with E-state index in [9.17, 15) is 14.4 Å². The van der Waals surface area contributed by atoms with Crippen LogP contribution in [-0.2, 0) is 34.6 Å². The smallest absolute Gasteiger partial charge is 0.287 e. The summed E-state index contributed by atoms with van der Waals surface area (Å²) in [5.74, 6) is -0.0504. The van der Waals surface area contributed by atoms with E-state index >= 15 is 0 Å². The van der Waals surface area contributed by atoms with Gasteiger partial charge in [-0.15, -0.1) is 0 Å². The molecule has 4 aromatic rings. The number of carbonyl (C=O) groups excluding carboxylic acids is 3. The molecule has 2 fully saturated rings. The highest BCUT2D eigenvalue weighted by molar-refractivity contribution is 6.04. The van der Waals surface area contributed by atoms with Crippen molar-refractivity contribution in [2.45, 2.75) is 44.1 Å². The molecule has 12 nitrogen and oxygen atoms in total. The number of amides is 3. The molecule has 0 radical (unpaired) electrons. The van der Waals surface area contributed by atoms with Gasteiger partial charge in [-0.2, -0.15) is 0 Å². The van der Waals surface area contributed by atoms with E-state index < -0.39 is 0 Å². The normalized spacial score (nSPS) is 17.0. The van der Waals surface area contributed by atoms with Crippen LogP contribution in [0.4, 0.5) is 11.4 Å². The van der Waals surface area contributed by atoms with E-state index in [4.69, 9.17) is 9.47 Å². The molecule has 2 saturated heterocycles. The first-order chi connectivity index (χ1) is 24.7. The molecule has 4 heterocycles. The first kappa shape index (κ1) is 34.4. The van der Waals surface area contributed by atoms with Crippen molar-refractivity contribution in [1.82, 2.24) is 24.7 Å². The minimum absolute atomic E-state index is 0.0220. The number of hydrogen-bond donors (Lipinski definition) is 2. The van der Waals surface area contributed by atoms with Gasteiger partial charge in [-0.3, -0.25) is 19.3 Å². The maximum absolute atomic E-state index is 13.4. The van der Waals surface area contributed by atoms with Gasteiger partial charge in [0.25, 0.3) is 17.7 Å². The fourth-order valence-electron chi connectivity index (χ4n) is 7.18. The van der Waals surface area contributed by atoms with Gasteiger partial charge in [0.2, 0.25) is 0 Å². The van der Waals surface area contributed by atoms with Crippen LogP contribution >= 0.6 is 0 Å². The molecule has 1 aromatic heterocycles. The van der Waals surface area contributed by atoms with Gasteiger partial charge in [0.1, 0.15) is 5.54 Å². The third-order valence-corrected chi connectivity index (χ3v) is 10.3. The molecule has 0 unspecified atom stereocenters. The second-order valence-electron chi connectivity index (χ2n) is 13.8. The third-order valence-electron chi connectivity index (χ3n) is 10.3. The molecule has 3 aliphatic heterocycles. The minimum Gasteiger partial charge on any atom is -0.381 e. The van der Waals surface area contributed by atoms with Crippen molar-refractivity contribution < 1.29 is 23.9 Å². The SMILES string of the molecule is COC1CCN(c2ccc(C(=O)Nc3ccc(CNC(=O)c4ncc5n4CCN(Cc4ccc(C(=O)N(C)C)cc4)C54COC4)cc3)cc2)CC1. The number of hydrogen-bond acceptors (Lipinski definition) is 8. The summed E-state index contributed by atoms with van der Waals surface area (Å²) in [5, 5.41) is 5.98. The Morgan fingerprint density at radius 3 is 2.16 bits per heavy atom. The summed E-state index contributed by atoms with van der Waals surface area (Å²) in [6.45, 7) is 5.32. The summed E-state index contributed by atoms with van der Waals surface area (Å²) >= 11 is 0. The minimum atomic E-state index is -0.355. The monoisotopic (exact) mass is 691 g/mol. The van der Waals surface area contributed by atoms with Crippen molar-refractivity contribution >= 4 is 29.1 Å². The third kappa shape index (κ3) is 7.12.